The molecule has 2 saturated heterocycles. The molecule has 1 aromatic heterocycles. The van der Waals surface area contributed by atoms with Gasteiger partial charge in [0.25, 0.3) is 5.92 Å². The lowest BCUT2D eigenvalue weighted by Gasteiger charge is -2.40. The summed E-state index contributed by atoms with van der Waals surface area (Å²) in [4.78, 5) is 42.0. The SMILES string of the molecule is COC(=O)N[C@H](C(=O)N1[C@@H]2CC[C@@H](C2)[C@H]1C1=Nc2ccc(-c3ccc4c(c3)C(F)(F)c3cc(-c5cnc(C6CCCC6)[nH]5)ccc3-4)cc2C1)C1CCOCC1. The monoisotopic (exact) mass is 745 g/mol. The van der Waals surface area contributed by atoms with Gasteiger partial charge in [0.2, 0.25) is 5.91 Å². The predicted molar refractivity (Wildman–Crippen MR) is 205 cm³/mol. The first-order chi connectivity index (χ1) is 26.8. The number of hydrogen-bond donors (Lipinski definition) is 2. The molecule has 11 heteroatoms. The zero-order chi connectivity index (χ0) is 37.4. The molecule has 284 valence electrons. The molecule has 0 spiro atoms. The number of rotatable bonds is 7. The summed E-state index contributed by atoms with van der Waals surface area (Å²) >= 11 is 0. The minimum absolute atomic E-state index is 0.0154. The van der Waals surface area contributed by atoms with E-state index >= 15 is 8.78 Å². The van der Waals surface area contributed by atoms with Crippen LogP contribution < -0.4 is 5.32 Å². The lowest BCUT2D eigenvalue weighted by molar-refractivity contribution is -0.138. The number of likely N-dealkylation sites (tertiary alicyclic amines) is 1. The van der Waals surface area contributed by atoms with Crippen LogP contribution in [0.5, 0.6) is 0 Å². The third-order valence-electron chi connectivity index (χ3n) is 13.3. The number of alkyl halides is 2. The summed E-state index contributed by atoms with van der Waals surface area (Å²) in [7, 11) is 1.32. The molecule has 4 heterocycles. The summed E-state index contributed by atoms with van der Waals surface area (Å²) < 4.78 is 43.2. The van der Waals surface area contributed by atoms with Crippen LogP contribution in [0.2, 0.25) is 0 Å². The van der Waals surface area contributed by atoms with E-state index in [0.29, 0.717) is 61.0 Å². The Bertz CT molecular complexity index is 2220. The van der Waals surface area contributed by atoms with Gasteiger partial charge in [-0.25, -0.2) is 9.78 Å². The average molecular weight is 746 g/mol. The number of alkyl carbamates (subject to hydrolysis) is 1. The van der Waals surface area contributed by atoms with Crippen LogP contribution in [0.15, 0.2) is 65.8 Å². The quantitative estimate of drug-likeness (QED) is 0.197. The van der Waals surface area contributed by atoms with Gasteiger partial charge in [0.15, 0.2) is 0 Å². The van der Waals surface area contributed by atoms with Gasteiger partial charge in [0.05, 0.1) is 30.7 Å². The summed E-state index contributed by atoms with van der Waals surface area (Å²) in [6, 6.07) is 16.0. The van der Waals surface area contributed by atoms with Crippen LogP contribution in [0.3, 0.4) is 0 Å². The number of H-pyrrole nitrogens is 1. The minimum Gasteiger partial charge on any atom is -0.453 e. The highest BCUT2D eigenvalue weighted by molar-refractivity contribution is 6.02. The van der Waals surface area contributed by atoms with Gasteiger partial charge in [0.1, 0.15) is 11.9 Å². The maximum absolute atomic E-state index is 16.3. The summed E-state index contributed by atoms with van der Waals surface area (Å²) in [5.74, 6) is -1.59. The highest BCUT2D eigenvalue weighted by Gasteiger charge is 2.53. The minimum atomic E-state index is -3.15. The van der Waals surface area contributed by atoms with Crippen LogP contribution in [0.1, 0.15) is 86.2 Å². The number of aromatic nitrogens is 2. The number of aliphatic imine (C=N–C) groups is 1. The second kappa shape index (κ2) is 13.4. The van der Waals surface area contributed by atoms with Gasteiger partial charge in [-0.2, -0.15) is 8.78 Å². The fraction of sp³-hybridized carbons (Fsp3) is 0.455. The highest BCUT2D eigenvalue weighted by atomic mass is 19.3. The van der Waals surface area contributed by atoms with Gasteiger partial charge < -0.3 is 24.7 Å². The highest BCUT2D eigenvalue weighted by Crippen LogP contribution is 2.53. The molecule has 0 unspecified atom stereocenters. The molecular weight excluding hydrogens is 701 g/mol. The van der Waals surface area contributed by atoms with Crippen molar-refractivity contribution >= 4 is 23.4 Å². The number of hydrogen-bond acceptors (Lipinski definition) is 6. The van der Waals surface area contributed by atoms with E-state index in [2.05, 4.69) is 21.4 Å². The standard InChI is InChI=1S/C44H45F2N5O4/c1-54-43(53)50-39(24-14-16-55-17-15-24)42(52)51-31-10-6-29(19-31)40(51)37-22-30-18-26(9-13-36(30)48-37)27-7-11-32-33-12-8-28(21-35(33)44(45,46)34(32)20-27)38-23-47-41(49-38)25-4-2-3-5-25/h7-9,11-13,18,20-21,23-25,29,31,39-40H,2-6,10,14-17,19,22H2,1H3,(H,47,49)(H,50,53)/t29-,31+,39-,40-/m0/s1. The van der Waals surface area contributed by atoms with E-state index in [1.165, 1.54) is 20.0 Å². The number of nitrogens with one attached hydrogen (secondary N) is 2. The normalized spacial score (nSPS) is 24.4. The van der Waals surface area contributed by atoms with Crippen LogP contribution >= 0.6 is 0 Å². The van der Waals surface area contributed by atoms with Gasteiger partial charge in [-0.05, 0) is 109 Å². The van der Waals surface area contributed by atoms with Gasteiger partial charge in [0, 0.05) is 54.0 Å². The fourth-order valence-electron chi connectivity index (χ4n) is 10.5. The van der Waals surface area contributed by atoms with Crippen LogP contribution in [0.4, 0.5) is 19.3 Å². The number of benzene rings is 3. The fourth-order valence-corrected chi connectivity index (χ4v) is 10.5. The number of carbonyl (C=O) groups excluding carboxylic acids is 2. The smallest absolute Gasteiger partial charge is 0.407 e. The second-order valence-electron chi connectivity index (χ2n) is 16.4. The maximum atomic E-state index is 16.3. The van der Waals surface area contributed by atoms with E-state index in [1.54, 1.807) is 18.3 Å². The number of piperidine rings is 1. The molecule has 9 nitrogen and oxygen atoms in total. The van der Waals surface area contributed by atoms with Crippen LogP contribution in [0, 0.1) is 11.8 Å². The average Bonchev–Trinajstić information content (AvgIpc) is 4.08. The number of methoxy groups -OCH3 is 1. The Labute approximate surface area is 318 Å². The number of halogens is 2. The molecule has 3 aromatic carbocycles. The number of imidazole rings is 1. The molecule has 2 saturated carbocycles. The lowest BCUT2D eigenvalue weighted by Crippen LogP contribution is -2.58. The summed E-state index contributed by atoms with van der Waals surface area (Å²) in [5, 5.41) is 2.87. The van der Waals surface area contributed by atoms with Crippen LogP contribution in [-0.4, -0.2) is 71.0 Å². The topological polar surface area (TPSA) is 109 Å². The van der Waals surface area contributed by atoms with Crippen molar-refractivity contribution in [2.75, 3.05) is 20.3 Å². The van der Waals surface area contributed by atoms with E-state index in [4.69, 9.17) is 14.5 Å². The second-order valence-corrected chi connectivity index (χ2v) is 16.4. The number of amides is 2. The molecule has 10 rings (SSSR count). The largest absolute Gasteiger partial charge is 0.453 e. The first kappa shape index (κ1) is 34.6. The van der Waals surface area contributed by atoms with E-state index < -0.39 is 18.1 Å². The van der Waals surface area contributed by atoms with Crippen molar-refractivity contribution in [3.05, 3.63) is 83.3 Å². The Balaban J connectivity index is 0.894. The molecule has 4 fully saturated rings. The Kier molecular flexibility index (Phi) is 8.42. The molecule has 4 atom stereocenters. The third-order valence-corrected chi connectivity index (χ3v) is 13.3. The van der Waals surface area contributed by atoms with Gasteiger partial charge in [-0.15, -0.1) is 0 Å². The van der Waals surface area contributed by atoms with Gasteiger partial charge in [-0.1, -0.05) is 43.2 Å². The Hall–Kier alpha value is -4.90. The van der Waals surface area contributed by atoms with E-state index in [0.717, 1.165) is 71.7 Å². The van der Waals surface area contributed by atoms with Crippen molar-refractivity contribution in [2.45, 2.75) is 94.2 Å². The number of fused-ring (bicyclic) bond motifs is 6. The summed E-state index contributed by atoms with van der Waals surface area (Å²) in [5.41, 5.74) is 7.04. The van der Waals surface area contributed by atoms with E-state index in [9.17, 15) is 9.59 Å². The molecule has 3 aliphatic heterocycles. The molecule has 3 aliphatic carbocycles. The first-order valence-corrected chi connectivity index (χ1v) is 19.9. The number of carbonyl (C=O) groups is 2. The Morgan fingerprint density at radius 1 is 0.927 bits per heavy atom. The number of aromatic amines is 1. The van der Waals surface area contributed by atoms with Crippen molar-refractivity contribution in [1.82, 2.24) is 20.2 Å². The Morgan fingerprint density at radius 2 is 1.64 bits per heavy atom. The van der Waals surface area contributed by atoms with Gasteiger partial charge in [-0.3, -0.25) is 9.79 Å². The maximum Gasteiger partial charge on any atom is 0.407 e. The number of ether oxygens (including phenoxy) is 2. The molecular formula is C44H45F2N5O4. The predicted octanol–water partition coefficient (Wildman–Crippen LogP) is 8.68. The molecule has 55 heavy (non-hydrogen) atoms. The van der Waals surface area contributed by atoms with Crippen LogP contribution in [-0.2, 0) is 26.6 Å². The lowest BCUT2D eigenvalue weighted by atomic mass is 9.88. The van der Waals surface area contributed by atoms with Crippen molar-refractivity contribution in [2.24, 2.45) is 16.8 Å². The zero-order valence-corrected chi connectivity index (χ0v) is 31.0. The molecule has 2 N–H and O–H groups in total. The summed E-state index contributed by atoms with van der Waals surface area (Å²) in [6.07, 6.45) is 10.6. The van der Waals surface area contributed by atoms with Crippen molar-refractivity contribution < 1.29 is 27.8 Å². The molecule has 4 aromatic rings. The van der Waals surface area contributed by atoms with Crippen molar-refractivity contribution in [3.63, 3.8) is 0 Å². The Morgan fingerprint density at radius 3 is 2.40 bits per heavy atom. The van der Waals surface area contributed by atoms with Crippen LogP contribution in [0.25, 0.3) is 33.5 Å². The molecule has 6 aliphatic rings. The molecule has 2 bridgehead atoms. The van der Waals surface area contributed by atoms with Gasteiger partial charge >= 0.3 is 6.09 Å². The number of nitrogens with zero attached hydrogens (tertiary/aromatic N) is 3. The third kappa shape index (κ3) is 5.79. The molecule has 0 radical (unpaired) electrons. The van der Waals surface area contributed by atoms with Crippen molar-refractivity contribution in [1.29, 1.82) is 0 Å². The van der Waals surface area contributed by atoms with E-state index in [1.807, 2.05) is 41.3 Å². The zero-order valence-electron chi connectivity index (χ0n) is 31.0. The summed E-state index contributed by atoms with van der Waals surface area (Å²) in [6.45, 7) is 1.11. The first-order valence-electron chi connectivity index (χ1n) is 19.9. The molecule has 2 amide bonds. The van der Waals surface area contributed by atoms with E-state index in [-0.39, 0.29) is 35.0 Å². The van der Waals surface area contributed by atoms with Crippen molar-refractivity contribution in [3.8, 4) is 33.5 Å².